The predicted octanol–water partition coefficient (Wildman–Crippen LogP) is 3.37. The van der Waals surface area contributed by atoms with Crippen molar-refractivity contribution in [1.29, 1.82) is 0 Å². The number of aliphatic hydroxyl groups excluding tert-OH is 1. The molecule has 1 N–H and O–H groups in total. The lowest BCUT2D eigenvalue weighted by Gasteiger charge is -2.37. The summed E-state index contributed by atoms with van der Waals surface area (Å²) in [4.78, 5) is 0.189. The Hall–Kier alpha value is -2.23. The van der Waals surface area contributed by atoms with E-state index in [1.54, 1.807) is 37.4 Å². The van der Waals surface area contributed by atoms with E-state index in [0.717, 1.165) is 11.3 Å². The standard InChI is InChI=1S/C25H32O7S/c1-4-25(33(27,28)21-8-6-5-7-9-21)15-14-23(32-18-29-2)24(25)22(26)17-31-16-19-10-12-20(30-3)13-11-19/h4-13,22-24,26H,1,14-18H2,2-3H3/t22-,23-,24-,25-/m1/s1. The average Bonchev–Trinajstić information content (AvgIpc) is 3.24. The molecule has 0 saturated heterocycles. The monoisotopic (exact) mass is 476 g/mol. The lowest BCUT2D eigenvalue weighted by atomic mass is 9.88. The molecule has 2 aromatic carbocycles. The first-order chi connectivity index (χ1) is 15.9. The maximum Gasteiger partial charge on any atom is 0.188 e. The van der Waals surface area contributed by atoms with Crippen LogP contribution in [-0.2, 0) is 30.7 Å². The molecule has 1 aliphatic rings. The Morgan fingerprint density at radius 2 is 1.85 bits per heavy atom. The Balaban J connectivity index is 1.83. The minimum absolute atomic E-state index is 0.000794. The second kappa shape index (κ2) is 11.3. The molecule has 0 aliphatic heterocycles. The predicted molar refractivity (Wildman–Crippen MR) is 125 cm³/mol. The number of ether oxygens (including phenoxy) is 4. The van der Waals surface area contributed by atoms with Crippen molar-refractivity contribution in [3.63, 3.8) is 0 Å². The van der Waals surface area contributed by atoms with Crippen molar-refractivity contribution >= 4 is 9.84 Å². The van der Waals surface area contributed by atoms with Crippen molar-refractivity contribution in [2.75, 3.05) is 27.6 Å². The third-order valence-electron chi connectivity index (χ3n) is 6.21. The Morgan fingerprint density at radius 3 is 2.45 bits per heavy atom. The maximum absolute atomic E-state index is 13.8. The fourth-order valence-electron chi connectivity index (χ4n) is 4.55. The molecule has 0 radical (unpaired) electrons. The van der Waals surface area contributed by atoms with Gasteiger partial charge in [0.05, 0.1) is 37.4 Å². The second-order valence-electron chi connectivity index (χ2n) is 8.08. The fraction of sp³-hybridized carbons (Fsp3) is 0.440. The minimum atomic E-state index is -3.86. The quantitative estimate of drug-likeness (QED) is 0.371. The molecule has 1 saturated carbocycles. The van der Waals surface area contributed by atoms with Gasteiger partial charge in [-0.25, -0.2) is 8.42 Å². The summed E-state index contributed by atoms with van der Waals surface area (Å²) >= 11 is 0. The SMILES string of the molecule is C=C[C@@]1(S(=O)(=O)c2ccccc2)CC[C@@H](OCOC)[C@H]1[C@H](O)COCc1ccc(OC)cc1. The van der Waals surface area contributed by atoms with Gasteiger partial charge in [0.2, 0.25) is 0 Å². The molecular formula is C25H32O7S. The van der Waals surface area contributed by atoms with Crippen LogP contribution in [-0.4, -0.2) is 58.1 Å². The van der Waals surface area contributed by atoms with Crippen molar-refractivity contribution in [3.05, 3.63) is 72.8 Å². The highest BCUT2D eigenvalue weighted by atomic mass is 32.2. The number of aliphatic hydroxyl groups is 1. The summed E-state index contributed by atoms with van der Waals surface area (Å²) in [6, 6.07) is 15.7. The zero-order chi connectivity index (χ0) is 23.9. The van der Waals surface area contributed by atoms with Gasteiger partial charge < -0.3 is 24.1 Å². The third-order valence-corrected chi connectivity index (χ3v) is 8.75. The molecule has 1 fully saturated rings. The summed E-state index contributed by atoms with van der Waals surface area (Å²) in [6.07, 6.45) is 0.553. The Morgan fingerprint density at radius 1 is 1.15 bits per heavy atom. The molecule has 0 heterocycles. The molecule has 2 aromatic rings. The topological polar surface area (TPSA) is 91.3 Å². The minimum Gasteiger partial charge on any atom is -0.497 e. The molecule has 3 rings (SSSR count). The van der Waals surface area contributed by atoms with Gasteiger partial charge in [-0.1, -0.05) is 36.4 Å². The van der Waals surface area contributed by atoms with E-state index in [1.165, 1.54) is 13.2 Å². The highest BCUT2D eigenvalue weighted by molar-refractivity contribution is 7.93. The van der Waals surface area contributed by atoms with Crippen LogP contribution in [0.2, 0.25) is 0 Å². The van der Waals surface area contributed by atoms with Crippen molar-refractivity contribution in [3.8, 4) is 5.75 Å². The van der Waals surface area contributed by atoms with Gasteiger partial charge in [-0.3, -0.25) is 0 Å². The lowest BCUT2D eigenvalue weighted by Crippen LogP contribution is -2.50. The number of sulfone groups is 1. The Labute approximate surface area is 195 Å². The van der Waals surface area contributed by atoms with Crippen LogP contribution in [0.25, 0.3) is 0 Å². The van der Waals surface area contributed by atoms with Crippen molar-refractivity contribution < 1.29 is 32.5 Å². The molecule has 8 heteroatoms. The summed E-state index contributed by atoms with van der Waals surface area (Å²) < 4.78 is 47.9. The molecular weight excluding hydrogens is 444 g/mol. The van der Waals surface area contributed by atoms with Crippen LogP contribution >= 0.6 is 0 Å². The van der Waals surface area contributed by atoms with Crippen LogP contribution < -0.4 is 4.74 Å². The van der Waals surface area contributed by atoms with E-state index in [9.17, 15) is 13.5 Å². The van der Waals surface area contributed by atoms with Crippen molar-refractivity contribution in [1.82, 2.24) is 0 Å². The number of hydrogen-bond donors (Lipinski definition) is 1. The molecule has 4 atom stereocenters. The van der Waals surface area contributed by atoms with Crippen molar-refractivity contribution in [2.45, 2.75) is 41.3 Å². The van der Waals surface area contributed by atoms with Gasteiger partial charge in [0.25, 0.3) is 0 Å². The fourth-order valence-corrected chi connectivity index (χ4v) is 6.78. The van der Waals surface area contributed by atoms with E-state index in [2.05, 4.69) is 6.58 Å². The van der Waals surface area contributed by atoms with Gasteiger partial charge in [0, 0.05) is 13.0 Å². The molecule has 0 spiro atoms. The molecule has 7 nitrogen and oxygen atoms in total. The van der Waals surface area contributed by atoms with Crippen LogP contribution in [0.3, 0.4) is 0 Å². The summed E-state index contributed by atoms with van der Waals surface area (Å²) in [5, 5.41) is 11.2. The zero-order valence-corrected chi connectivity index (χ0v) is 19.9. The summed E-state index contributed by atoms with van der Waals surface area (Å²) in [5.41, 5.74) is 0.911. The lowest BCUT2D eigenvalue weighted by molar-refractivity contribution is -0.111. The van der Waals surface area contributed by atoms with Gasteiger partial charge in [0.15, 0.2) is 9.84 Å². The zero-order valence-electron chi connectivity index (χ0n) is 19.1. The second-order valence-corrected chi connectivity index (χ2v) is 10.3. The van der Waals surface area contributed by atoms with Gasteiger partial charge >= 0.3 is 0 Å². The van der Waals surface area contributed by atoms with E-state index in [0.29, 0.717) is 6.42 Å². The third kappa shape index (κ3) is 5.31. The Bertz CT molecular complexity index is 991. The van der Waals surface area contributed by atoms with E-state index < -0.39 is 32.7 Å². The molecule has 180 valence electrons. The van der Waals surface area contributed by atoms with E-state index in [4.69, 9.17) is 18.9 Å². The van der Waals surface area contributed by atoms with E-state index in [-0.39, 0.29) is 31.3 Å². The normalized spacial score (nSPS) is 23.8. The first-order valence-electron chi connectivity index (χ1n) is 10.8. The van der Waals surface area contributed by atoms with Crippen LogP contribution in [0.5, 0.6) is 5.75 Å². The molecule has 0 unspecified atom stereocenters. The van der Waals surface area contributed by atoms with Gasteiger partial charge in [-0.05, 0) is 42.7 Å². The first-order valence-corrected chi connectivity index (χ1v) is 12.3. The van der Waals surface area contributed by atoms with Crippen LogP contribution in [0.1, 0.15) is 18.4 Å². The highest BCUT2D eigenvalue weighted by Crippen LogP contribution is 2.48. The largest absolute Gasteiger partial charge is 0.497 e. The smallest absolute Gasteiger partial charge is 0.188 e. The maximum atomic E-state index is 13.8. The van der Waals surface area contributed by atoms with Gasteiger partial charge in [-0.2, -0.15) is 0 Å². The summed E-state index contributed by atoms with van der Waals surface area (Å²) in [5.74, 6) is -0.0315. The van der Waals surface area contributed by atoms with E-state index >= 15 is 0 Å². The summed E-state index contributed by atoms with van der Waals surface area (Å²) in [7, 11) is -0.758. The first kappa shape index (κ1) is 25.4. The number of benzene rings is 2. The molecule has 0 amide bonds. The molecule has 0 aromatic heterocycles. The molecule has 1 aliphatic carbocycles. The Kier molecular flexibility index (Phi) is 8.67. The molecule has 0 bridgehead atoms. The summed E-state index contributed by atoms with van der Waals surface area (Å²) in [6.45, 7) is 4.08. The van der Waals surface area contributed by atoms with Gasteiger partial charge in [0.1, 0.15) is 17.3 Å². The van der Waals surface area contributed by atoms with E-state index in [1.807, 2.05) is 24.3 Å². The highest BCUT2D eigenvalue weighted by Gasteiger charge is 2.58. The van der Waals surface area contributed by atoms with Crippen LogP contribution in [0.4, 0.5) is 0 Å². The number of hydrogen-bond acceptors (Lipinski definition) is 7. The average molecular weight is 477 g/mol. The van der Waals surface area contributed by atoms with Crippen LogP contribution in [0, 0.1) is 5.92 Å². The number of methoxy groups -OCH3 is 2. The number of rotatable bonds is 12. The van der Waals surface area contributed by atoms with Crippen LogP contribution in [0.15, 0.2) is 72.1 Å². The van der Waals surface area contributed by atoms with Crippen molar-refractivity contribution in [2.24, 2.45) is 5.92 Å². The molecule has 33 heavy (non-hydrogen) atoms. The van der Waals surface area contributed by atoms with Gasteiger partial charge in [-0.15, -0.1) is 6.58 Å².